The second-order valence-corrected chi connectivity index (χ2v) is 7.45. The molecule has 2 aliphatic rings. The van der Waals surface area contributed by atoms with Crippen molar-refractivity contribution < 1.29 is 0 Å². The number of hydrogen-bond acceptors (Lipinski definition) is 2. The fourth-order valence-electron chi connectivity index (χ4n) is 3.63. The second kappa shape index (κ2) is 8.38. The van der Waals surface area contributed by atoms with Gasteiger partial charge < -0.3 is 10.2 Å². The smallest absolute Gasteiger partial charge is 0.0107 e. The molecule has 2 nitrogen and oxygen atoms in total. The van der Waals surface area contributed by atoms with Gasteiger partial charge in [-0.25, -0.2) is 0 Å². The van der Waals surface area contributed by atoms with Crippen LogP contribution in [0.15, 0.2) is 0 Å². The molecular weight excluding hydrogens is 244 g/mol. The predicted octanol–water partition coefficient (Wildman–Crippen LogP) is 4.06. The lowest BCUT2D eigenvalue weighted by molar-refractivity contribution is 0.154. The van der Waals surface area contributed by atoms with Gasteiger partial charge in [0.2, 0.25) is 0 Å². The van der Waals surface area contributed by atoms with Crippen LogP contribution in [-0.4, -0.2) is 36.6 Å². The van der Waals surface area contributed by atoms with Crippen LogP contribution in [0.2, 0.25) is 0 Å². The highest BCUT2D eigenvalue weighted by Crippen LogP contribution is 2.32. The summed E-state index contributed by atoms with van der Waals surface area (Å²) in [4.78, 5) is 2.77. The van der Waals surface area contributed by atoms with E-state index in [2.05, 4.69) is 31.0 Å². The number of nitrogens with one attached hydrogen (secondary N) is 1. The van der Waals surface area contributed by atoms with Gasteiger partial charge >= 0.3 is 0 Å². The van der Waals surface area contributed by atoms with Crippen molar-refractivity contribution in [3.05, 3.63) is 0 Å². The van der Waals surface area contributed by atoms with E-state index in [1.165, 1.54) is 71.0 Å². The summed E-state index contributed by atoms with van der Waals surface area (Å²) in [5.41, 5.74) is 0. The molecule has 2 heteroatoms. The molecule has 2 rings (SSSR count). The van der Waals surface area contributed by atoms with Crippen LogP contribution in [0, 0.1) is 11.8 Å². The van der Waals surface area contributed by atoms with Crippen molar-refractivity contribution in [1.82, 2.24) is 10.2 Å². The molecule has 0 spiro atoms. The van der Waals surface area contributed by atoms with Crippen molar-refractivity contribution in [3.63, 3.8) is 0 Å². The summed E-state index contributed by atoms with van der Waals surface area (Å²) in [5, 5.41) is 3.85. The average molecular weight is 280 g/mol. The third-order valence-corrected chi connectivity index (χ3v) is 5.20. The molecule has 0 bridgehead atoms. The Hall–Kier alpha value is -0.0800. The zero-order chi connectivity index (χ0) is 14.4. The van der Waals surface area contributed by atoms with Crippen LogP contribution >= 0.6 is 0 Å². The maximum Gasteiger partial charge on any atom is 0.0107 e. The van der Waals surface area contributed by atoms with Crippen LogP contribution in [0.25, 0.3) is 0 Å². The summed E-state index contributed by atoms with van der Waals surface area (Å²) in [6, 6.07) is 1.49. The van der Waals surface area contributed by atoms with Crippen molar-refractivity contribution in [2.45, 2.75) is 84.2 Å². The van der Waals surface area contributed by atoms with Crippen molar-refractivity contribution in [2.75, 3.05) is 19.6 Å². The van der Waals surface area contributed by atoms with E-state index in [0.717, 1.165) is 17.9 Å². The molecule has 2 saturated carbocycles. The molecule has 0 aliphatic heterocycles. The monoisotopic (exact) mass is 280 g/mol. The average Bonchev–Trinajstić information content (AvgIpc) is 3.23. The van der Waals surface area contributed by atoms with Crippen LogP contribution in [0.5, 0.6) is 0 Å². The maximum atomic E-state index is 3.85. The Morgan fingerprint density at radius 3 is 2.40 bits per heavy atom. The Labute approximate surface area is 126 Å². The van der Waals surface area contributed by atoms with Gasteiger partial charge in [0, 0.05) is 25.2 Å². The summed E-state index contributed by atoms with van der Waals surface area (Å²) in [6.45, 7) is 10.9. The lowest BCUT2D eigenvalue weighted by Gasteiger charge is -2.34. The van der Waals surface area contributed by atoms with Crippen LogP contribution in [-0.2, 0) is 0 Å². The number of nitrogens with zero attached hydrogens (tertiary/aromatic N) is 1. The Balaban J connectivity index is 1.89. The topological polar surface area (TPSA) is 15.3 Å². The Kier molecular flexibility index (Phi) is 6.83. The molecule has 0 saturated heterocycles. The molecule has 0 aromatic rings. The molecule has 0 amide bonds. The molecule has 118 valence electrons. The fourth-order valence-corrected chi connectivity index (χ4v) is 3.63. The van der Waals surface area contributed by atoms with Crippen molar-refractivity contribution in [3.8, 4) is 0 Å². The first-order chi connectivity index (χ1) is 9.70. The highest BCUT2D eigenvalue weighted by Gasteiger charge is 2.29. The minimum Gasteiger partial charge on any atom is -0.314 e. The van der Waals surface area contributed by atoms with Gasteiger partial charge in [0.15, 0.2) is 0 Å². The second-order valence-electron chi connectivity index (χ2n) is 7.45. The molecule has 2 atom stereocenters. The van der Waals surface area contributed by atoms with E-state index in [4.69, 9.17) is 0 Å². The minimum atomic E-state index is 0.714. The zero-order valence-corrected chi connectivity index (χ0v) is 14.0. The van der Waals surface area contributed by atoms with Crippen LogP contribution in [0.4, 0.5) is 0 Å². The predicted molar refractivity (Wildman–Crippen MR) is 88.1 cm³/mol. The largest absolute Gasteiger partial charge is 0.314 e. The highest BCUT2D eigenvalue weighted by molar-refractivity contribution is 4.85. The molecule has 0 aromatic heterocycles. The van der Waals surface area contributed by atoms with Gasteiger partial charge in [-0.2, -0.15) is 0 Å². The van der Waals surface area contributed by atoms with Gasteiger partial charge in [-0.15, -0.1) is 0 Å². The van der Waals surface area contributed by atoms with Gasteiger partial charge in [0.1, 0.15) is 0 Å². The molecular formula is C18H36N2. The first kappa shape index (κ1) is 16.3. The third kappa shape index (κ3) is 5.37. The first-order valence-corrected chi connectivity index (χ1v) is 9.18. The molecule has 2 fully saturated rings. The quantitative estimate of drug-likeness (QED) is 0.675. The lowest BCUT2D eigenvalue weighted by atomic mass is 9.93. The van der Waals surface area contributed by atoms with Crippen molar-refractivity contribution >= 4 is 0 Å². The van der Waals surface area contributed by atoms with Gasteiger partial charge in [-0.3, -0.25) is 0 Å². The molecule has 0 aromatic carbocycles. The third-order valence-electron chi connectivity index (χ3n) is 5.20. The molecule has 0 heterocycles. The molecule has 2 aliphatic carbocycles. The van der Waals surface area contributed by atoms with E-state index >= 15 is 0 Å². The van der Waals surface area contributed by atoms with Gasteiger partial charge in [0.05, 0.1) is 0 Å². The van der Waals surface area contributed by atoms with E-state index in [1.54, 1.807) is 0 Å². The molecule has 20 heavy (non-hydrogen) atoms. The maximum absolute atomic E-state index is 3.85. The Bertz CT molecular complexity index is 260. The summed E-state index contributed by atoms with van der Waals surface area (Å²) in [6.07, 6.45) is 11.4. The number of rotatable bonds is 8. The summed E-state index contributed by atoms with van der Waals surface area (Å²) in [5.74, 6) is 1.90. The summed E-state index contributed by atoms with van der Waals surface area (Å²) < 4.78 is 0. The van der Waals surface area contributed by atoms with Gasteiger partial charge in [-0.05, 0) is 64.3 Å². The minimum absolute atomic E-state index is 0.714. The number of hydrogen-bond donors (Lipinski definition) is 1. The first-order valence-electron chi connectivity index (χ1n) is 9.18. The fraction of sp³-hybridized carbons (Fsp3) is 1.00. The van der Waals surface area contributed by atoms with E-state index < -0.39 is 0 Å². The van der Waals surface area contributed by atoms with E-state index in [9.17, 15) is 0 Å². The van der Waals surface area contributed by atoms with Crippen LogP contribution in [0.1, 0.15) is 72.1 Å². The van der Waals surface area contributed by atoms with Gasteiger partial charge in [0.25, 0.3) is 0 Å². The Morgan fingerprint density at radius 1 is 1.00 bits per heavy atom. The molecule has 2 unspecified atom stereocenters. The van der Waals surface area contributed by atoms with E-state index in [1.807, 2.05) is 0 Å². The van der Waals surface area contributed by atoms with E-state index in [0.29, 0.717) is 6.04 Å². The van der Waals surface area contributed by atoms with Crippen molar-refractivity contribution in [2.24, 2.45) is 11.8 Å². The standard InChI is InChI=1S/C18H36N2/c1-4-12-19-18-9-7-5-6-8-17(18)14-20(15(2)3)13-16-10-11-16/h15-19H,4-14H2,1-3H3. The molecule has 1 N–H and O–H groups in total. The SMILES string of the molecule is CCCNC1CCCCCC1CN(CC1CC1)C(C)C. The summed E-state index contributed by atoms with van der Waals surface area (Å²) >= 11 is 0. The summed E-state index contributed by atoms with van der Waals surface area (Å²) in [7, 11) is 0. The van der Waals surface area contributed by atoms with E-state index in [-0.39, 0.29) is 0 Å². The highest BCUT2D eigenvalue weighted by atomic mass is 15.2. The zero-order valence-electron chi connectivity index (χ0n) is 14.0. The lowest BCUT2D eigenvalue weighted by Crippen LogP contribution is -2.44. The van der Waals surface area contributed by atoms with Gasteiger partial charge in [-0.1, -0.05) is 26.2 Å². The Morgan fingerprint density at radius 2 is 1.75 bits per heavy atom. The molecule has 0 radical (unpaired) electrons. The van der Waals surface area contributed by atoms with Crippen LogP contribution < -0.4 is 5.32 Å². The van der Waals surface area contributed by atoms with Crippen LogP contribution in [0.3, 0.4) is 0 Å². The van der Waals surface area contributed by atoms with Crippen molar-refractivity contribution in [1.29, 1.82) is 0 Å². The normalized spacial score (nSPS) is 28.1.